The van der Waals surface area contributed by atoms with Crippen molar-refractivity contribution in [3.05, 3.63) is 22.4 Å². The lowest BCUT2D eigenvalue weighted by molar-refractivity contribution is 0.128. The van der Waals surface area contributed by atoms with Crippen LogP contribution < -0.4 is 0 Å². The maximum atomic E-state index is 9.79. The van der Waals surface area contributed by atoms with E-state index in [1.54, 1.807) is 0 Å². The van der Waals surface area contributed by atoms with E-state index in [2.05, 4.69) is 42.5 Å². The molecular weight excluding hydrogens is 298 g/mol. The minimum absolute atomic E-state index is 0.432. The molecular formula is C9H11Br2NO. The molecule has 0 amide bonds. The van der Waals surface area contributed by atoms with Gasteiger partial charge in [0.15, 0.2) is 0 Å². The van der Waals surface area contributed by atoms with Crippen molar-refractivity contribution < 1.29 is 5.11 Å². The zero-order valence-corrected chi connectivity index (χ0v) is 10.3. The van der Waals surface area contributed by atoms with Gasteiger partial charge in [-0.1, -0.05) is 15.9 Å². The lowest BCUT2D eigenvalue weighted by Gasteiger charge is -2.13. The summed E-state index contributed by atoms with van der Waals surface area (Å²) < 4.78 is 3.16. The predicted molar refractivity (Wildman–Crippen MR) is 58.9 cm³/mol. The maximum absolute atomic E-state index is 9.79. The second kappa shape index (κ2) is 3.41. The van der Waals surface area contributed by atoms with Crippen LogP contribution in [0, 0.1) is 0 Å². The molecule has 0 aromatic carbocycles. The highest BCUT2D eigenvalue weighted by molar-refractivity contribution is 9.10. The Morgan fingerprint density at radius 1 is 1.46 bits per heavy atom. The summed E-state index contributed by atoms with van der Waals surface area (Å²) in [7, 11) is 0. The molecule has 1 heterocycles. The number of alkyl halides is 1. The van der Waals surface area contributed by atoms with Crippen LogP contribution in [0.5, 0.6) is 0 Å². The molecule has 1 fully saturated rings. The van der Waals surface area contributed by atoms with Crippen molar-refractivity contribution >= 4 is 31.9 Å². The number of hydrogen-bond acceptors (Lipinski definition) is 1. The molecule has 0 aliphatic heterocycles. The van der Waals surface area contributed by atoms with Gasteiger partial charge in [0.05, 0.1) is 16.7 Å². The first-order chi connectivity index (χ1) is 6.14. The molecule has 4 heteroatoms. The number of aromatic nitrogens is 1. The summed E-state index contributed by atoms with van der Waals surface area (Å²) in [6, 6.07) is 4.08. The van der Waals surface area contributed by atoms with Crippen molar-refractivity contribution in [1.82, 2.24) is 4.57 Å². The summed E-state index contributed by atoms with van der Waals surface area (Å²) in [6.45, 7) is 0.710. The highest BCUT2D eigenvalue weighted by atomic mass is 79.9. The van der Waals surface area contributed by atoms with E-state index in [1.165, 1.54) is 5.69 Å². The van der Waals surface area contributed by atoms with Gasteiger partial charge in [-0.15, -0.1) is 0 Å². The molecule has 0 bridgehead atoms. The molecule has 1 aliphatic rings. The second-order valence-electron chi connectivity index (χ2n) is 3.59. The fourth-order valence-electron chi connectivity index (χ4n) is 1.37. The maximum Gasteiger partial charge on any atom is 0.0849 e. The molecule has 0 radical (unpaired) electrons. The van der Waals surface area contributed by atoms with E-state index in [0.29, 0.717) is 6.54 Å². The van der Waals surface area contributed by atoms with Crippen molar-refractivity contribution in [2.45, 2.75) is 30.3 Å². The van der Waals surface area contributed by atoms with Gasteiger partial charge >= 0.3 is 0 Å². The van der Waals surface area contributed by atoms with Crippen LogP contribution in [-0.2, 0) is 11.9 Å². The molecule has 1 aromatic heterocycles. The van der Waals surface area contributed by atoms with Crippen LogP contribution in [-0.4, -0.2) is 15.3 Å². The molecule has 1 aromatic rings. The van der Waals surface area contributed by atoms with E-state index in [-0.39, 0.29) is 0 Å². The molecule has 0 saturated heterocycles. The molecule has 0 spiro atoms. The van der Waals surface area contributed by atoms with E-state index >= 15 is 0 Å². The van der Waals surface area contributed by atoms with Gasteiger partial charge in [0.1, 0.15) is 0 Å². The van der Waals surface area contributed by atoms with E-state index in [9.17, 15) is 5.11 Å². The van der Waals surface area contributed by atoms with E-state index in [0.717, 1.165) is 22.8 Å². The Hall–Kier alpha value is 0.200. The topological polar surface area (TPSA) is 25.2 Å². The Bertz CT molecular complexity index is 317. The summed E-state index contributed by atoms with van der Waals surface area (Å²) in [5.74, 6) is 0. The summed E-state index contributed by atoms with van der Waals surface area (Å²) in [5.41, 5.74) is 0.769. The van der Waals surface area contributed by atoms with Crippen LogP contribution in [0.15, 0.2) is 16.7 Å². The normalized spacial score (nSPS) is 19.0. The molecule has 13 heavy (non-hydrogen) atoms. The van der Waals surface area contributed by atoms with Crippen molar-refractivity contribution in [1.29, 1.82) is 0 Å². The Morgan fingerprint density at radius 3 is 2.69 bits per heavy atom. The third-order valence-electron chi connectivity index (χ3n) is 2.43. The molecule has 2 nitrogen and oxygen atoms in total. The van der Waals surface area contributed by atoms with Crippen LogP contribution >= 0.6 is 31.9 Å². The Kier molecular flexibility index (Phi) is 2.55. The molecule has 72 valence electrons. The average Bonchev–Trinajstić information content (AvgIpc) is 2.72. The molecule has 1 aliphatic carbocycles. The number of nitrogens with zero attached hydrogens (tertiary/aromatic N) is 1. The SMILES string of the molecule is OC1(Cn2c(Br)ccc2CBr)CC1. The van der Waals surface area contributed by atoms with E-state index in [4.69, 9.17) is 0 Å². The van der Waals surface area contributed by atoms with Crippen LogP contribution in [0.25, 0.3) is 0 Å². The summed E-state index contributed by atoms with van der Waals surface area (Å²) >= 11 is 6.90. The van der Waals surface area contributed by atoms with E-state index in [1.807, 2.05) is 6.07 Å². The first-order valence-corrected chi connectivity index (χ1v) is 6.18. The minimum atomic E-state index is -0.432. The number of halogens is 2. The third-order valence-corrected chi connectivity index (χ3v) is 3.70. The largest absolute Gasteiger partial charge is 0.388 e. The van der Waals surface area contributed by atoms with Crippen LogP contribution in [0.2, 0.25) is 0 Å². The van der Waals surface area contributed by atoms with Gasteiger partial charge in [-0.25, -0.2) is 0 Å². The smallest absolute Gasteiger partial charge is 0.0849 e. The van der Waals surface area contributed by atoms with Gasteiger partial charge in [-0.2, -0.15) is 0 Å². The van der Waals surface area contributed by atoms with Gasteiger partial charge in [0.25, 0.3) is 0 Å². The molecule has 1 saturated carbocycles. The van der Waals surface area contributed by atoms with Crippen molar-refractivity contribution in [3.63, 3.8) is 0 Å². The Labute approximate surface area is 94.2 Å². The standard InChI is InChI=1S/C9H11Br2NO/c10-5-7-1-2-8(11)12(7)6-9(13)3-4-9/h1-2,13H,3-6H2. The lowest BCUT2D eigenvalue weighted by Crippen LogP contribution is -2.18. The zero-order chi connectivity index (χ0) is 9.47. The first-order valence-electron chi connectivity index (χ1n) is 4.27. The summed E-state index contributed by atoms with van der Waals surface area (Å²) in [4.78, 5) is 0. The number of hydrogen-bond donors (Lipinski definition) is 1. The Morgan fingerprint density at radius 2 is 2.15 bits per heavy atom. The monoisotopic (exact) mass is 307 g/mol. The van der Waals surface area contributed by atoms with Crippen LogP contribution in [0.1, 0.15) is 18.5 Å². The lowest BCUT2D eigenvalue weighted by atomic mass is 10.3. The molecule has 1 N–H and O–H groups in total. The zero-order valence-electron chi connectivity index (χ0n) is 7.13. The van der Waals surface area contributed by atoms with Crippen molar-refractivity contribution in [3.8, 4) is 0 Å². The number of rotatable bonds is 3. The molecule has 0 atom stereocenters. The predicted octanol–water partition coefficient (Wildman–Crippen LogP) is 2.67. The highest BCUT2D eigenvalue weighted by Crippen LogP contribution is 2.38. The highest BCUT2D eigenvalue weighted by Gasteiger charge is 2.41. The van der Waals surface area contributed by atoms with Crippen LogP contribution in [0.3, 0.4) is 0 Å². The van der Waals surface area contributed by atoms with Gasteiger partial charge in [0.2, 0.25) is 0 Å². The van der Waals surface area contributed by atoms with E-state index < -0.39 is 5.60 Å². The fraction of sp³-hybridized carbons (Fsp3) is 0.556. The Balaban J connectivity index is 2.21. The van der Waals surface area contributed by atoms with Gasteiger partial charge in [0, 0.05) is 11.0 Å². The quantitative estimate of drug-likeness (QED) is 0.853. The van der Waals surface area contributed by atoms with Gasteiger partial charge in [-0.3, -0.25) is 0 Å². The fourth-order valence-corrected chi connectivity index (χ4v) is 2.35. The van der Waals surface area contributed by atoms with Gasteiger partial charge in [-0.05, 0) is 40.9 Å². The average molecular weight is 309 g/mol. The summed E-state index contributed by atoms with van der Waals surface area (Å²) in [6.07, 6.45) is 1.86. The van der Waals surface area contributed by atoms with Crippen LogP contribution in [0.4, 0.5) is 0 Å². The van der Waals surface area contributed by atoms with Crippen molar-refractivity contribution in [2.24, 2.45) is 0 Å². The molecule has 2 rings (SSSR count). The van der Waals surface area contributed by atoms with Gasteiger partial charge < -0.3 is 9.67 Å². The number of aliphatic hydroxyl groups is 1. The summed E-state index contributed by atoms with van der Waals surface area (Å²) in [5, 5.41) is 10.6. The molecule has 0 unspecified atom stereocenters. The second-order valence-corrected chi connectivity index (χ2v) is 4.96. The minimum Gasteiger partial charge on any atom is -0.388 e. The van der Waals surface area contributed by atoms with Crippen molar-refractivity contribution in [2.75, 3.05) is 0 Å². The first kappa shape index (κ1) is 9.74. The third kappa shape index (κ3) is 2.00.